The van der Waals surface area contributed by atoms with Crippen molar-refractivity contribution in [3.05, 3.63) is 24.0 Å². The molecule has 0 saturated heterocycles. The van der Waals surface area contributed by atoms with Crippen LogP contribution in [-0.2, 0) is 19.6 Å². The van der Waals surface area contributed by atoms with Gasteiger partial charge in [-0.25, -0.2) is 17.1 Å². The quantitative estimate of drug-likeness (QED) is 0.633. The van der Waals surface area contributed by atoms with Crippen molar-refractivity contribution >= 4 is 21.7 Å². The van der Waals surface area contributed by atoms with Crippen LogP contribution in [0.1, 0.15) is 6.42 Å². The van der Waals surface area contributed by atoms with E-state index < -0.39 is 26.7 Å². The van der Waals surface area contributed by atoms with Crippen molar-refractivity contribution in [2.45, 2.75) is 11.3 Å². The molecule has 0 radical (unpaired) electrons. The Morgan fingerprint density at radius 1 is 1.47 bits per heavy atom. The summed E-state index contributed by atoms with van der Waals surface area (Å²) in [6, 6.07) is 3.62. The highest BCUT2D eigenvalue weighted by Crippen LogP contribution is 2.24. The van der Waals surface area contributed by atoms with Crippen molar-refractivity contribution in [2.24, 2.45) is 0 Å². The third-order valence-electron chi connectivity index (χ3n) is 2.52. The molecule has 2 N–H and O–H groups in total. The van der Waals surface area contributed by atoms with Crippen molar-refractivity contribution in [3.63, 3.8) is 0 Å². The zero-order valence-corrected chi connectivity index (χ0v) is 11.4. The first-order valence-electron chi connectivity index (χ1n) is 5.38. The monoisotopic (exact) mass is 290 g/mol. The molecule has 0 heterocycles. The van der Waals surface area contributed by atoms with Gasteiger partial charge in [0.15, 0.2) is 0 Å². The van der Waals surface area contributed by atoms with E-state index in [0.717, 1.165) is 10.4 Å². The Morgan fingerprint density at radius 3 is 2.63 bits per heavy atom. The van der Waals surface area contributed by atoms with Gasteiger partial charge < -0.3 is 10.5 Å². The smallest absolute Gasteiger partial charge is 0.306 e. The Morgan fingerprint density at radius 2 is 2.11 bits per heavy atom. The molecule has 0 atom stereocenters. The van der Waals surface area contributed by atoms with Crippen LogP contribution in [0.25, 0.3) is 0 Å². The van der Waals surface area contributed by atoms with Crippen molar-refractivity contribution in [1.82, 2.24) is 4.31 Å². The standard InChI is InChI=1S/C11H15FN2O4S/c1-14(7-6-10(15)18-2)19(16,17)11-8(12)4-3-5-9(11)13/h3-5H,6-7,13H2,1-2H3. The van der Waals surface area contributed by atoms with Gasteiger partial charge in [0.1, 0.15) is 10.7 Å². The zero-order chi connectivity index (χ0) is 14.6. The summed E-state index contributed by atoms with van der Waals surface area (Å²) < 4.78 is 43.1. The number of esters is 1. The van der Waals surface area contributed by atoms with Crippen LogP contribution >= 0.6 is 0 Å². The Bertz CT molecular complexity index is 554. The van der Waals surface area contributed by atoms with E-state index >= 15 is 0 Å². The van der Waals surface area contributed by atoms with E-state index in [4.69, 9.17) is 5.73 Å². The van der Waals surface area contributed by atoms with Crippen molar-refractivity contribution < 1.29 is 22.3 Å². The Balaban J connectivity index is 3.01. The first kappa shape index (κ1) is 15.4. The summed E-state index contributed by atoms with van der Waals surface area (Å²) in [7, 11) is -1.64. The fraction of sp³-hybridized carbons (Fsp3) is 0.364. The predicted octanol–water partition coefficient (Wildman–Crippen LogP) is 0.592. The van der Waals surface area contributed by atoms with Gasteiger partial charge in [-0.2, -0.15) is 0 Å². The number of rotatable bonds is 5. The maximum atomic E-state index is 13.6. The molecule has 8 heteroatoms. The van der Waals surface area contributed by atoms with Gasteiger partial charge in [0, 0.05) is 13.6 Å². The largest absolute Gasteiger partial charge is 0.469 e. The Hall–Kier alpha value is -1.67. The van der Waals surface area contributed by atoms with Gasteiger partial charge in [-0.05, 0) is 12.1 Å². The van der Waals surface area contributed by atoms with Crippen LogP contribution in [0.3, 0.4) is 0 Å². The summed E-state index contributed by atoms with van der Waals surface area (Å²) in [5.41, 5.74) is 5.31. The number of halogens is 1. The fourth-order valence-corrected chi connectivity index (χ4v) is 2.75. The summed E-state index contributed by atoms with van der Waals surface area (Å²) in [6.07, 6.45) is -0.124. The number of methoxy groups -OCH3 is 1. The molecule has 1 rings (SSSR count). The van der Waals surface area contributed by atoms with Crippen LogP contribution in [0.4, 0.5) is 10.1 Å². The average Bonchev–Trinajstić information content (AvgIpc) is 2.34. The topological polar surface area (TPSA) is 89.7 Å². The van der Waals surface area contributed by atoms with E-state index in [0.29, 0.717) is 0 Å². The molecule has 0 bridgehead atoms. The highest BCUT2D eigenvalue weighted by atomic mass is 32.2. The number of nitrogens with zero attached hydrogens (tertiary/aromatic N) is 1. The van der Waals surface area contributed by atoms with E-state index in [9.17, 15) is 17.6 Å². The van der Waals surface area contributed by atoms with Gasteiger partial charge in [0.05, 0.1) is 19.2 Å². The minimum absolute atomic E-state index is 0.122. The Kier molecular flexibility index (Phi) is 4.84. The predicted molar refractivity (Wildman–Crippen MR) is 67.3 cm³/mol. The lowest BCUT2D eigenvalue weighted by Gasteiger charge is -2.18. The summed E-state index contributed by atoms with van der Waals surface area (Å²) in [4.78, 5) is 10.4. The number of nitrogen functional groups attached to an aromatic ring is 1. The third kappa shape index (κ3) is 3.42. The van der Waals surface area contributed by atoms with Gasteiger partial charge in [0.2, 0.25) is 10.0 Å². The zero-order valence-electron chi connectivity index (χ0n) is 10.6. The molecule has 0 aliphatic heterocycles. The second-order valence-corrected chi connectivity index (χ2v) is 5.79. The van der Waals surface area contributed by atoms with Gasteiger partial charge in [-0.3, -0.25) is 4.79 Å². The summed E-state index contributed by atoms with van der Waals surface area (Å²) in [6.45, 7) is -0.122. The number of ether oxygens (including phenoxy) is 1. The van der Waals surface area contributed by atoms with Gasteiger partial charge in [-0.15, -0.1) is 0 Å². The maximum Gasteiger partial charge on any atom is 0.306 e. The number of anilines is 1. The lowest BCUT2D eigenvalue weighted by Crippen LogP contribution is -2.30. The summed E-state index contributed by atoms with van der Waals surface area (Å²) in [5.74, 6) is -1.48. The number of nitrogens with two attached hydrogens (primary N) is 1. The van der Waals surface area contributed by atoms with Crippen LogP contribution in [0.5, 0.6) is 0 Å². The molecule has 0 amide bonds. The fourth-order valence-electron chi connectivity index (χ4n) is 1.42. The first-order valence-corrected chi connectivity index (χ1v) is 6.82. The third-order valence-corrected chi connectivity index (χ3v) is 4.47. The van der Waals surface area contributed by atoms with Gasteiger partial charge in [-0.1, -0.05) is 6.07 Å². The second kappa shape index (κ2) is 5.98. The lowest BCUT2D eigenvalue weighted by atomic mass is 10.3. The van der Waals surface area contributed by atoms with Crippen LogP contribution in [-0.4, -0.2) is 39.4 Å². The molecule has 0 spiro atoms. The van der Waals surface area contributed by atoms with Crippen LogP contribution in [0.2, 0.25) is 0 Å². The van der Waals surface area contributed by atoms with Crippen molar-refractivity contribution in [3.8, 4) is 0 Å². The van der Waals surface area contributed by atoms with Crippen LogP contribution in [0, 0.1) is 5.82 Å². The Labute approximate surface area is 111 Å². The molecule has 0 aliphatic rings. The molecule has 0 fully saturated rings. The van der Waals surface area contributed by atoms with E-state index in [1.54, 1.807) is 0 Å². The molecule has 0 aromatic heterocycles. The molecule has 1 aromatic carbocycles. The van der Waals surface area contributed by atoms with Gasteiger partial charge in [0.25, 0.3) is 0 Å². The molecule has 0 saturated carbocycles. The van der Waals surface area contributed by atoms with Gasteiger partial charge >= 0.3 is 5.97 Å². The molecular formula is C11H15FN2O4S. The van der Waals surface area contributed by atoms with Crippen molar-refractivity contribution in [2.75, 3.05) is 26.4 Å². The molecule has 0 unspecified atom stereocenters. The maximum absolute atomic E-state index is 13.6. The van der Waals surface area contributed by atoms with Crippen LogP contribution in [0.15, 0.2) is 23.1 Å². The van der Waals surface area contributed by atoms with E-state index in [-0.39, 0.29) is 18.7 Å². The molecule has 6 nitrogen and oxygen atoms in total. The number of sulfonamides is 1. The average molecular weight is 290 g/mol. The second-order valence-electron chi connectivity index (χ2n) is 3.81. The minimum atomic E-state index is -4.08. The normalized spacial score (nSPS) is 11.6. The minimum Gasteiger partial charge on any atom is -0.469 e. The summed E-state index contributed by atoms with van der Waals surface area (Å²) in [5, 5.41) is 0. The molecule has 19 heavy (non-hydrogen) atoms. The SMILES string of the molecule is COC(=O)CCN(C)S(=O)(=O)c1c(N)cccc1F. The molecule has 1 aromatic rings. The van der Waals surface area contributed by atoms with E-state index in [2.05, 4.69) is 4.74 Å². The number of hydrogen-bond donors (Lipinski definition) is 1. The first-order chi connectivity index (χ1) is 8.80. The van der Waals surface area contributed by atoms with E-state index in [1.165, 1.54) is 26.3 Å². The number of carbonyl (C=O) groups is 1. The van der Waals surface area contributed by atoms with E-state index in [1.807, 2.05) is 0 Å². The number of hydrogen-bond acceptors (Lipinski definition) is 5. The lowest BCUT2D eigenvalue weighted by molar-refractivity contribution is -0.140. The molecular weight excluding hydrogens is 275 g/mol. The molecule has 106 valence electrons. The summed E-state index contributed by atoms with van der Waals surface area (Å²) >= 11 is 0. The highest BCUT2D eigenvalue weighted by Gasteiger charge is 2.27. The van der Waals surface area contributed by atoms with Crippen molar-refractivity contribution in [1.29, 1.82) is 0 Å². The number of benzene rings is 1. The number of carbonyl (C=O) groups excluding carboxylic acids is 1. The highest BCUT2D eigenvalue weighted by molar-refractivity contribution is 7.89. The molecule has 0 aliphatic carbocycles. The van der Waals surface area contributed by atoms with Crippen LogP contribution < -0.4 is 5.73 Å².